The highest BCUT2D eigenvalue weighted by Gasteiger charge is 2.22. The van der Waals surface area contributed by atoms with Gasteiger partial charge in [0, 0.05) is 19.6 Å². The average Bonchev–Trinajstić information content (AvgIpc) is 2.32. The molecule has 2 atom stereocenters. The first-order chi connectivity index (χ1) is 7.86. The van der Waals surface area contributed by atoms with Crippen molar-refractivity contribution in [1.82, 2.24) is 0 Å². The first kappa shape index (κ1) is 13.9. The van der Waals surface area contributed by atoms with Crippen LogP contribution in [-0.2, 0) is 14.2 Å². The van der Waals surface area contributed by atoms with Gasteiger partial charge in [0.05, 0.1) is 12.7 Å². The SMILES string of the molecule is CCCCO[C@@H]1CC[C@@H](OCCCC)OC1. The van der Waals surface area contributed by atoms with Gasteiger partial charge in [-0.15, -0.1) is 0 Å². The average molecular weight is 230 g/mol. The van der Waals surface area contributed by atoms with E-state index in [0.29, 0.717) is 6.61 Å². The molecule has 0 radical (unpaired) electrons. The quantitative estimate of drug-likeness (QED) is 0.600. The molecule has 1 saturated heterocycles. The molecule has 16 heavy (non-hydrogen) atoms. The van der Waals surface area contributed by atoms with E-state index in [0.717, 1.165) is 38.9 Å². The van der Waals surface area contributed by atoms with Crippen molar-refractivity contribution in [2.24, 2.45) is 0 Å². The summed E-state index contributed by atoms with van der Waals surface area (Å²) < 4.78 is 17.0. The third-order valence-electron chi connectivity index (χ3n) is 2.85. The molecule has 1 aliphatic heterocycles. The van der Waals surface area contributed by atoms with Crippen LogP contribution in [-0.4, -0.2) is 32.2 Å². The molecule has 1 aliphatic rings. The summed E-state index contributed by atoms with van der Waals surface area (Å²) in [7, 11) is 0. The fourth-order valence-corrected chi connectivity index (χ4v) is 1.72. The van der Waals surface area contributed by atoms with Crippen LogP contribution in [0.4, 0.5) is 0 Å². The Kier molecular flexibility index (Phi) is 7.81. The van der Waals surface area contributed by atoms with Crippen LogP contribution < -0.4 is 0 Å². The van der Waals surface area contributed by atoms with E-state index in [1.807, 2.05) is 0 Å². The fourth-order valence-electron chi connectivity index (χ4n) is 1.72. The molecule has 1 heterocycles. The van der Waals surface area contributed by atoms with E-state index in [9.17, 15) is 0 Å². The van der Waals surface area contributed by atoms with Crippen LogP contribution in [0.15, 0.2) is 0 Å². The summed E-state index contributed by atoms with van der Waals surface area (Å²) >= 11 is 0. The molecule has 96 valence electrons. The van der Waals surface area contributed by atoms with Crippen LogP contribution in [0.3, 0.4) is 0 Å². The highest BCUT2D eigenvalue weighted by molar-refractivity contribution is 4.65. The Morgan fingerprint density at radius 1 is 1.00 bits per heavy atom. The molecule has 3 heteroatoms. The Bertz CT molecular complexity index is 135. The van der Waals surface area contributed by atoms with Gasteiger partial charge in [-0.2, -0.15) is 0 Å². The molecule has 0 saturated carbocycles. The largest absolute Gasteiger partial charge is 0.376 e. The van der Waals surface area contributed by atoms with Crippen molar-refractivity contribution in [3.63, 3.8) is 0 Å². The number of rotatable bonds is 8. The third-order valence-corrected chi connectivity index (χ3v) is 2.85. The summed E-state index contributed by atoms with van der Waals surface area (Å²) in [4.78, 5) is 0. The molecule has 0 bridgehead atoms. The summed E-state index contributed by atoms with van der Waals surface area (Å²) in [6.07, 6.45) is 6.98. The zero-order valence-corrected chi connectivity index (χ0v) is 10.7. The smallest absolute Gasteiger partial charge is 0.157 e. The minimum Gasteiger partial charge on any atom is -0.376 e. The van der Waals surface area contributed by atoms with Crippen LogP contribution in [0, 0.1) is 0 Å². The lowest BCUT2D eigenvalue weighted by molar-refractivity contribution is -0.194. The molecule has 0 unspecified atom stereocenters. The van der Waals surface area contributed by atoms with Gasteiger partial charge in [0.15, 0.2) is 6.29 Å². The molecule has 1 fully saturated rings. The number of hydrogen-bond acceptors (Lipinski definition) is 3. The lowest BCUT2D eigenvalue weighted by Gasteiger charge is -2.29. The van der Waals surface area contributed by atoms with Crippen molar-refractivity contribution < 1.29 is 14.2 Å². The normalized spacial score (nSPS) is 25.9. The monoisotopic (exact) mass is 230 g/mol. The molecule has 0 aromatic rings. The number of unbranched alkanes of at least 4 members (excludes halogenated alkanes) is 2. The minimum absolute atomic E-state index is 0.0116. The predicted molar refractivity (Wildman–Crippen MR) is 64.5 cm³/mol. The van der Waals surface area contributed by atoms with Gasteiger partial charge in [0.25, 0.3) is 0 Å². The fraction of sp³-hybridized carbons (Fsp3) is 1.00. The number of ether oxygens (including phenoxy) is 3. The Labute approximate surface area is 99.5 Å². The maximum Gasteiger partial charge on any atom is 0.157 e. The summed E-state index contributed by atoms with van der Waals surface area (Å²) in [6.45, 7) is 6.73. The standard InChI is InChI=1S/C13H26O3/c1-3-5-9-14-12-7-8-13(16-11-12)15-10-6-4-2/h12-13H,3-11H2,1-2H3/t12-,13+/m1/s1. The van der Waals surface area contributed by atoms with E-state index in [-0.39, 0.29) is 12.4 Å². The topological polar surface area (TPSA) is 27.7 Å². The van der Waals surface area contributed by atoms with Gasteiger partial charge in [-0.3, -0.25) is 0 Å². The lowest BCUT2D eigenvalue weighted by Crippen LogP contribution is -2.33. The maximum atomic E-state index is 5.72. The zero-order chi connectivity index (χ0) is 11.6. The van der Waals surface area contributed by atoms with Crippen molar-refractivity contribution in [2.45, 2.75) is 64.8 Å². The van der Waals surface area contributed by atoms with Gasteiger partial charge in [-0.25, -0.2) is 0 Å². The summed E-state index contributed by atoms with van der Waals surface area (Å²) in [5, 5.41) is 0. The summed E-state index contributed by atoms with van der Waals surface area (Å²) in [5.74, 6) is 0. The molecule has 0 N–H and O–H groups in total. The van der Waals surface area contributed by atoms with Crippen molar-refractivity contribution in [1.29, 1.82) is 0 Å². The first-order valence-electron chi connectivity index (χ1n) is 6.71. The van der Waals surface area contributed by atoms with Gasteiger partial charge in [0.2, 0.25) is 0 Å². The van der Waals surface area contributed by atoms with Gasteiger partial charge in [-0.05, 0) is 19.3 Å². The summed E-state index contributed by atoms with van der Waals surface area (Å²) in [6, 6.07) is 0. The molecule has 0 aromatic heterocycles. The Morgan fingerprint density at radius 3 is 2.25 bits per heavy atom. The van der Waals surface area contributed by atoms with Crippen LogP contribution >= 0.6 is 0 Å². The van der Waals surface area contributed by atoms with Crippen LogP contribution in [0.25, 0.3) is 0 Å². The molecule has 0 aliphatic carbocycles. The van der Waals surface area contributed by atoms with E-state index in [1.165, 1.54) is 12.8 Å². The second-order valence-electron chi connectivity index (χ2n) is 4.41. The van der Waals surface area contributed by atoms with E-state index in [4.69, 9.17) is 14.2 Å². The van der Waals surface area contributed by atoms with E-state index in [2.05, 4.69) is 13.8 Å². The highest BCUT2D eigenvalue weighted by atomic mass is 16.7. The molecule has 3 nitrogen and oxygen atoms in total. The van der Waals surface area contributed by atoms with E-state index >= 15 is 0 Å². The first-order valence-corrected chi connectivity index (χ1v) is 6.71. The molecule has 0 aromatic carbocycles. The van der Waals surface area contributed by atoms with E-state index < -0.39 is 0 Å². The van der Waals surface area contributed by atoms with Gasteiger partial charge >= 0.3 is 0 Å². The molecule has 0 spiro atoms. The molecular formula is C13H26O3. The Morgan fingerprint density at radius 2 is 1.69 bits per heavy atom. The number of hydrogen-bond donors (Lipinski definition) is 0. The maximum absolute atomic E-state index is 5.72. The zero-order valence-electron chi connectivity index (χ0n) is 10.7. The van der Waals surface area contributed by atoms with Crippen LogP contribution in [0.5, 0.6) is 0 Å². The minimum atomic E-state index is 0.0116. The van der Waals surface area contributed by atoms with Crippen LogP contribution in [0.1, 0.15) is 52.4 Å². The predicted octanol–water partition coefficient (Wildman–Crippen LogP) is 3.12. The molecule has 0 amide bonds. The summed E-state index contributed by atoms with van der Waals surface area (Å²) in [5.41, 5.74) is 0. The highest BCUT2D eigenvalue weighted by Crippen LogP contribution is 2.17. The Hall–Kier alpha value is -0.120. The van der Waals surface area contributed by atoms with Gasteiger partial charge < -0.3 is 14.2 Å². The third kappa shape index (κ3) is 5.83. The van der Waals surface area contributed by atoms with Crippen molar-refractivity contribution in [3.8, 4) is 0 Å². The van der Waals surface area contributed by atoms with Crippen molar-refractivity contribution in [2.75, 3.05) is 19.8 Å². The second kappa shape index (κ2) is 8.97. The van der Waals surface area contributed by atoms with Crippen molar-refractivity contribution in [3.05, 3.63) is 0 Å². The lowest BCUT2D eigenvalue weighted by atomic mass is 10.1. The van der Waals surface area contributed by atoms with Gasteiger partial charge in [0.1, 0.15) is 0 Å². The van der Waals surface area contributed by atoms with E-state index in [1.54, 1.807) is 0 Å². The van der Waals surface area contributed by atoms with Crippen molar-refractivity contribution >= 4 is 0 Å². The Balaban J connectivity index is 2.00. The van der Waals surface area contributed by atoms with Crippen LogP contribution in [0.2, 0.25) is 0 Å². The second-order valence-corrected chi connectivity index (χ2v) is 4.41. The molecule has 1 rings (SSSR count). The van der Waals surface area contributed by atoms with Gasteiger partial charge in [-0.1, -0.05) is 26.7 Å². The molecular weight excluding hydrogens is 204 g/mol.